The highest BCUT2D eigenvalue weighted by molar-refractivity contribution is 6.38. The van der Waals surface area contributed by atoms with E-state index in [-0.39, 0.29) is 0 Å². The Labute approximate surface area is 80.9 Å². The summed E-state index contributed by atoms with van der Waals surface area (Å²) < 4.78 is 0. The van der Waals surface area contributed by atoms with Crippen molar-refractivity contribution in [3.63, 3.8) is 0 Å². The Kier molecular flexibility index (Phi) is 3.12. The summed E-state index contributed by atoms with van der Waals surface area (Å²) in [5.74, 6) is -2.39. The van der Waals surface area contributed by atoms with E-state index in [9.17, 15) is 9.59 Å². The van der Waals surface area contributed by atoms with Gasteiger partial charge >= 0.3 is 5.97 Å². The predicted molar refractivity (Wildman–Crippen MR) is 50.7 cm³/mol. The van der Waals surface area contributed by atoms with E-state index >= 15 is 0 Å². The third kappa shape index (κ3) is 2.52. The normalized spacial score (nSPS) is 10.4. The van der Waals surface area contributed by atoms with E-state index in [1.165, 1.54) is 6.08 Å². The van der Waals surface area contributed by atoms with E-state index in [0.717, 1.165) is 17.2 Å². The van der Waals surface area contributed by atoms with Crippen LogP contribution >= 0.6 is 0 Å². The molecule has 0 unspecified atom stereocenters. The maximum atomic E-state index is 10.7. The summed E-state index contributed by atoms with van der Waals surface area (Å²) in [6.07, 6.45) is 5.66. The molecule has 0 saturated carbocycles. The summed E-state index contributed by atoms with van der Waals surface area (Å²) in [7, 11) is 0. The van der Waals surface area contributed by atoms with Crippen LogP contribution in [0.5, 0.6) is 0 Å². The van der Waals surface area contributed by atoms with Crippen LogP contribution in [-0.2, 0) is 9.59 Å². The van der Waals surface area contributed by atoms with Gasteiger partial charge < -0.3 is 5.11 Å². The number of carbonyl (C=O) groups is 2. The average Bonchev–Trinajstić information content (AvgIpc) is 2.16. The molecule has 1 N–H and O–H groups in total. The van der Waals surface area contributed by atoms with Crippen LogP contribution in [0.1, 0.15) is 11.1 Å². The molecular weight excluding hydrogens is 182 g/mol. The molecule has 4 heteroatoms. The predicted octanol–water partition coefficient (Wildman–Crippen LogP) is 1.06. The van der Waals surface area contributed by atoms with Crippen molar-refractivity contribution in [2.24, 2.45) is 0 Å². The highest BCUT2D eigenvalue weighted by Gasteiger charge is 2.05. The number of hydrogen-bond acceptors (Lipinski definition) is 3. The van der Waals surface area contributed by atoms with Gasteiger partial charge in [-0.25, -0.2) is 4.79 Å². The number of carboxylic acid groups (broad SMARTS) is 1. The summed E-state index contributed by atoms with van der Waals surface area (Å²) in [4.78, 5) is 24.8. The first kappa shape index (κ1) is 10.1. The van der Waals surface area contributed by atoms with Gasteiger partial charge in [0.2, 0.25) is 0 Å². The minimum absolute atomic E-state index is 0.738. The monoisotopic (exact) mass is 191 g/mol. The van der Waals surface area contributed by atoms with Gasteiger partial charge in [-0.1, -0.05) is 0 Å². The van der Waals surface area contributed by atoms with Crippen LogP contribution in [0.25, 0.3) is 6.08 Å². The summed E-state index contributed by atoms with van der Waals surface area (Å²) in [5.41, 5.74) is 1.68. The van der Waals surface area contributed by atoms with Crippen molar-refractivity contribution < 1.29 is 14.7 Å². The van der Waals surface area contributed by atoms with E-state index in [0.29, 0.717) is 0 Å². The standard InChI is InChI=1S/C10H9NO3/c1-7-4-5-11-6-8(7)2-3-9(12)10(13)14/h2-6H,1H3,(H,13,14)/b3-2+. The fraction of sp³-hybridized carbons (Fsp3) is 0.100. The van der Waals surface area contributed by atoms with E-state index in [2.05, 4.69) is 4.98 Å². The molecule has 0 atom stereocenters. The Hall–Kier alpha value is -1.97. The smallest absolute Gasteiger partial charge is 0.376 e. The van der Waals surface area contributed by atoms with Gasteiger partial charge in [0.05, 0.1) is 0 Å². The Balaban J connectivity index is 2.84. The largest absolute Gasteiger partial charge is 0.475 e. The van der Waals surface area contributed by atoms with Crippen molar-refractivity contribution in [2.45, 2.75) is 6.92 Å². The Morgan fingerprint density at radius 3 is 2.79 bits per heavy atom. The molecule has 1 heterocycles. The zero-order valence-corrected chi connectivity index (χ0v) is 7.60. The van der Waals surface area contributed by atoms with Crippen LogP contribution in [0.2, 0.25) is 0 Å². The number of carboxylic acids is 1. The van der Waals surface area contributed by atoms with Gasteiger partial charge in [0, 0.05) is 12.4 Å². The zero-order valence-electron chi connectivity index (χ0n) is 7.60. The quantitative estimate of drug-likeness (QED) is 0.573. The first-order chi connectivity index (χ1) is 6.61. The number of rotatable bonds is 3. The van der Waals surface area contributed by atoms with E-state index in [4.69, 9.17) is 5.11 Å². The molecule has 0 fully saturated rings. The van der Waals surface area contributed by atoms with Gasteiger partial charge in [-0.3, -0.25) is 9.78 Å². The molecule has 0 amide bonds. The molecule has 4 nitrogen and oxygen atoms in total. The first-order valence-corrected chi connectivity index (χ1v) is 3.97. The molecule has 0 bridgehead atoms. The summed E-state index contributed by atoms with van der Waals surface area (Å²) >= 11 is 0. The van der Waals surface area contributed by atoms with Crippen LogP contribution in [0.15, 0.2) is 24.5 Å². The number of carbonyl (C=O) groups excluding carboxylic acids is 1. The fourth-order valence-corrected chi connectivity index (χ4v) is 0.887. The number of aryl methyl sites for hydroxylation is 1. The van der Waals surface area contributed by atoms with Gasteiger partial charge in [-0.05, 0) is 36.3 Å². The molecule has 0 spiro atoms. The van der Waals surface area contributed by atoms with Gasteiger partial charge in [0.1, 0.15) is 0 Å². The molecule has 0 aliphatic rings. The Morgan fingerprint density at radius 2 is 2.21 bits per heavy atom. The van der Waals surface area contributed by atoms with Gasteiger partial charge in [-0.15, -0.1) is 0 Å². The fourth-order valence-electron chi connectivity index (χ4n) is 0.887. The van der Waals surface area contributed by atoms with Gasteiger partial charge in [0.15, 0.2) is 0 Å². The molecule has 0 aliphatic heterocycles. The highest BCUT2D eigenvalue weighted by Crippen LogP contribution is 2.06. The van der Waals surface area contributed by atoms with Crippen molar-refractivity contribution in [3.05, 3.63) is 35.7 Å². The lowest BCUT2D eigenvalue weighted by molar-refractivity contribution is -0.146. The number of pyridine rings is 1. The third-order valence-corrected chi connectivity index (χ3v) is 1.70. The van der Waals surface area contributed by atoms with Crippen molar-refractivity contribution in [1.82, 2.24) is 4.98 Å². The molecule has 1 aromatic heterocycles. The number of hydrogen-bond donors (Lipinski definition) is 1. The molecular formula is C10H9NO3. The number of aromatic nitrogens is 1. The van der Waals surface area contributed by atoms with Crippen molar-refractivity contribution in [2.75, 3.05) is 0 Å². The topological polar surface area (TPSA) is 67.3 Å². The Morgan fingerprint density at radius 1 is 1.50 bits per heavy atom. The molecule has 1 aromatic rings. The van der Waals surface area contributed by atoms with Crippen LogP contribution < -0.4 is 0 Å². The van der Waals surface area contributed by atoms with Crippen LogP contribution in [0, 0.1) is 6.92 Å². The van der Waals surface area contributed by atoms with Crippen molar-refractivity contribution in [3.8, 4) is 0 Å². The van der Waals surface area contributed by atoms with Gasteiger partial charge in [0.25, 0.3) is 5.78 Å². The molecule has 14 heavy (non-hydrogen) atoms. The lowest BCUT2D eigenvalue weighted by Crippen LogP contribution is -2.08. The third-order valence-electron chi connectivity index (χ3n) is 1.70. The van der Waals surface area contributed by atoms with Crippen LogP contribution in [-0.4, -0.2) is 21.8 Å². The van der Waals surface area contributed by atoms with Crippen molar-refractivity contribution >= 4 is 17.8 Å². The summed E-state index contributed by atoms with van der Waals surface area (Å²) in [5, 5.41) is 8.31. The highest BCUT2D eigenvalue weighted by atomic mass is 16.4. The number of ketones is 1. The van der Waals surface area contributed by atoms with E-state index < -0.39 is 11.8 Å². The SMILES string of the molecule is Cc1ccncc1/C=C/C(=O)C(=O)O. The summed E-state index contributed by atoms with van der Waals surface area (Å²) in [6.45, 7) is 1.85. The van der Waals surface area contributed by atoms with Crippen LogP contribution in [0.3, 0.4) is 0 Å². The second-order valence-corrected chi connectivity index (χ2v) is 2.73. The molecule has 0 radical (unpaired) electrons. The molecule has 0 aliphatic carbocycles. The average molecular weight is 191 g/mol. The Bertz CT molecular complexity index is 396. The number of nitrogens with zero attached hydrogens (tertiary/aromatic N) is 1. The second kappa shape index (κ2) is 4.32. The molecule has 72 valence electrons. The maximum Gasteiger partial charge on any atom is 0.376 e. The zero-order chi connectivity index (χ0) is 10.6. The first-order valence-electron chi connectivity index (χ1n) is 3.97. The maximum absolute atomic E-state index is 10.7. The van der Waals surface area contributed by atoms with Crippen LogP contribution in [0.4, 0.5) is 0 Å². The lowest BCUT2D eigenvalue weighted by Gasteiger charge is -1.96. The second-order valence-electron chi connectivity index (χ2n) is 2.73. The van der Waals surface area contributed by atoms with Crippen molar-refractivity contribution in [1.29, 1.82) is 0 Å². The summed E-state index contributed by atoms with van der Waals surface area (Å²) in [6, 6.07) is 1.78. The molecule has 1 rings (SSSR count). The van der Waals surface area contributed by atoms with Gasteiger partial charge in [-0.2, -0.15) is 0 Å². The minimum Gasteiger partial charge on any atom is -0.475 e. The van der Waals surface area contributed by atoms with E-state index in [1.54, 1.807) is 18.5 Å². The molecule has 0 aromatic carbocycles. The minimum atomic E-state index is -1.46. The molecule has 0 saturated heterocycles. The number of aliphatic carboxylic acids is 1. The lowest BCUT2D eigenvalue weighted by atomic mass is 10.1. The van der Waals surface area contributed by atoms with E-state index in [1.807, 2.05) is 6.92 Å².